The summed E-state index contributed by atoms with van der Waals surface area (Å²) in [7, 11) is 2.16. The highest BCUT2D eigenvalue weighted by molar-refractivity contribution is 6.31. The van der Waals surface area contributed by atoms with Crippen LogP contribution in [-0.2, 0) is 6.54 Å². The van der Waals surface area contributed by atoms with Crippen LogP contribution in [-0.4, -0.2) is 66.1 Å². The van der Waals surface area contributed by atoms with Crippen LogP contribution < -0.4 is 4.90 Å². The minimum Gasteiger partial charge on any atom is -0.366 e. The van der Waals surface area contributed by atoms with Gasteiger partial charge in [0.15, 0.2) is 0 Å². The Balaban J connectivity index is 1.37. The van der Waals surface area contributed by atoms with E-state index in [9.17, 15) is 9.18 Å². The van der Waals surface area contributed by atoms with Gasteiger partial charge in [0.25, 0.3) is 5.91 Å². The van der Waals surface area contributed by atoms with Crippen molar-refractivity contribution >= 4 is 34.1 Å². The summed E-state index contributed by atoms with van der Waals surface area (Å²) in [6.45, 7) is 4.33. The number of amides is 1. The van der Waals surface area contributed by atoms with Crippen molar-refractivity contribution in [3.8, 4) is 0 Å². The van der Waals surface area contributed by atoms with Crippen LogP contribution in [0.15, 0.2) is 48.7 Å². The third-order valence-corrected chi connectivity index (χ3v) is 7.15. The first-order valence-corrected chi connectivity index (χ1v) is 11.7. The summed E-state index contributed by atoms with van der Waals surface area (Å²) in [5, 5.41) is 1.62. The van der Waals surface area contributed by atoms with Crippen molar-refractivity contribution < 1.29 is 9.18 Å². The number of anilines is 1. The van der Waals surface area contributed by atoms with E-state index >= 15 is 0 Å². The summed E-state index contributed by atoms with van der Waals surface area (Å²) in [5.41, 5.74) is 2.33. The predicted octanol–water partition coefficient (Wildman–Crippen LogP) is 4.49. The monoisotopic (exact) mass is 454 g/mol. The number of fused-ring (bicyclic) bond motifs is 1. The lowest BCUT2D eigenvalue weighted by atomic mass is 10.1. The number of hydrogen-bond acceptors (Lipinski definition) is 3. The molecule has 5 nitrogen and oxygen atoms in total. The van der Waals surface area contributed by atoms with Gasteiger partial charge in [-0.2, -0.15) is 0 Å². The summed E-state index contributed by atoms with van der Waals surface area (Å²) in [6, 6.07) is 13.1. The predicted molar refractivity (Wildman–Crippen MR) is 127 cm³/mol. The molecular formula is C25H28ClFN4O. The molecule has 0 saturated carbocycles. The quantitative estimate of drug-likeness (QED) is 0.582. The van der Waals surface area contributed by atoms with E-state index in [0.717, 1.165) is 36.0 Å². The fourth-order valence-corrected chi connectivity index (χ4v) is 5.22. The van der Waals surface area contributed by atoms with Gasteiger partial charge in [0.05, 0.1) is 16.8 Å². The summed E-state index contributed by atoms with van der Waals surface area (Å²) in [5.74, 6) is -0.187. The topological polar surface area (TPSA) is 31.7 Å². The molecule has 168 valence electrons. The van der Waals surface area contributed by atoms with Crippen LogP contribution in [0.2, 0.25) is 5.02 Å². The van der Waals surface area contributed by atoms with Crippen molar-refractivity contribution in [3.63, 3.8) is 0 Å². The maximum absolute atomic E-state index is 14.2. The Morgan fingerprint density at radius 1 is 1.09 bits per heavy atom. The molecule has 3 heterocycles. The van der Waals surface area contributed by atoms with E-state index in [1.54, 1.807) is 12.1 Å². The van der Waals surface area contributed by atoms with E-state index in [1.807, 2.05) is 40.3 Å². The number of halogens is 2. The molecule has 0 spiro atoms. The molecule has 2 saturated heterocycles. The van der Waals surface area contributed by atoms with Crippen molar-refractivity contribution in [2.24, 2.45) is 0 Å². The zero-order valence-corrected chi connectivity index (χ0v) is 19.1. The number of carbonyl (C=O) groups excluding carboxylic acids is 1. The Kier molecular flexibility index (Phi) is 5.82. The summed E-state index contributed by atoms with van der Waals surface area (Å²) in [6.07, 6.45) is 4.37. The van der Waals surface area contributed by atoms with Gasteiger partial charge in [-0.3, -0.25) is 4.79 Å². The first-order chi connectivity index (χ1) is 15.5. The molecule has 2 aliphatic heterocycles. The van der Waals surface area contributed by atoms with E-state index in [0.29, 0.717) is 42.9 Å². The molecule has 1 aromatic heterocycles. The first-order valence-electron chi connectivity index (χ1n) is 11.3. The fraction of sp³-hybridized carbons (Fsp3) is 0.400. The molecule has 7 heteroatoms. The number of benzene rings is 2. The Morgan fingerprint density at radius 2 is 1.88 bits per heavy atom. The van der Waals surface area contributed by atoms with Gasteiger partial charge in [-0.1, -0.05) is 29.8 Å². The number of rotatable bonds is 4. The number of aromatic nitrogens is 1. The van der Waals surface area contributed by atoms with Gasteiger partial charge in [0.1, 0.15) is 5.82 Å². The molecule has 1 amide bonds. The highest BCUT2D eigenvalue weighted by Crippen LogP contribution is 2.29. The van der Waals surface area contributed by atoms with Gasteiger partial charge in [-0.05, 0) is 50.7 Å². The van der Waals surface area contributed by atoms with Crippen molar-refractivity contribution in [2.75, 3.05) is 44.7 Å². The summed E-state index contributed by atoms with van der Waals surface area (Å²) in [4.78, 5) is 19.8. The number of likely N-dealkylation sites (tertiary alicyclic amines) is 1. The minimum atomic E-state index is -0.218. The molecular weight excluding hydrogens is 427 g/mol. The number of para-hydroxylation sites is 1. The molecule has 0 radical (unpaired) electrons. The maximum Gasteiger partial charge on any atom is 0.256 e. The molecule has 3 aromatic rings. The van der Waals surface area contributed by atoms with Crippen molar-refractivity contribution in [3.05, 3.63) is 65.1 Å². The van der Waals surface area contributed by atoms with Crippen molar-refractivity contribution in [1.82, 2.24) is 14.4 Å². The number of piperazine rings is 1. The molecule has 2 aromatic carbocycles. The van der Waals surface area contributed by atoms with E-state index in [4.69, 9.17) is 11.6 Å². The molecule has 32 heavy (non-hydrogen) atoms. The third-order valence-electron chi connectivity index (χ3n) is 6.91. The normalized spacial score (nSPS) is 19.8. The van der Waals surface area contributed by atoms with Crippen LogP contribution in [0.1, 0.15) is 23.2 Å². The van der Waals surface area contributed by atoms with Gasteiger partial charge in [0, 0.05) is 55.4 Å². The summed E-state index contributed by atoms with van der Waals surface area (Å²) >= 11 is 6.31. The zero-order chi connectivity index (χ0) is 22.2. The van der Waals surface area contributed by atoms with Crippen LogP contribution in [0.4, 0.5) is 10.1 Å². The van der Waals surface area contributed by atoms with E-state index in [1.165, 1.54) is 12.5 Å². The third kappa shape index (κ3) is 3.97. The van der Waals surface area contributed by atoms with Crippen LogP contribution in [0.3, 0.4) is 0 Å². The average molecular weight is 455 g/mol. The number of nitrogens with zero attached hydrogens (tertiary/aromatic N) is 4. The van der Waals surface area contributed by atoms with Gasteiger partial charge >= 0.3 is 0 Å². The van der Waals surface area contributed by atoms with Gasteiger partial charge in [0.2, 0.25) is 0 Å². The second-order valence-electron chi connectivity index (χ2n) is 8.86. The lowest BCUT2D eigenvalue weighted by Gasteiger charge is -2.36. The van der Waals surface area contributed by atoms with Gasteiger partial charge in [-0.25, -0.2) is 4.39 Å². The number of carbonyl (C=O) groups is 1. The smallest absolute Gasteiger partial charge is 0.256 e. The van der Waals surface area contributed by atoms with Crippen LogP contribution in [0, 0.1) is 5.82 Å². The second-order valence-corrected chi connectivity index (χ2v) is 9.30. The van der Waals surface area contributed by atoms with Gasteiger partial charge < -0.3 is 19.3 Å². The Morgan fingerprint density at radius 3 is 2.59 bits per heavy atom. The zero-order valence-electron chi connectivity index (χ0n) is 18.3. The molecule has 0 aliphatic carbocycles. The Bertz CT molecular complexity index is 1140. The summed E-state index contributed by atoms with van der Waals surface area (Å²) < 4.78 is 16.4. The fourth-order valence-electron chi connectivity index (χ4n) is 5.05. The Hall–Kier alpha value is -2.57. The second kappa shape index (κ2) is 8.75. The molecule has 2 aliphatic rings. The highest BCUT2D eigenvalue weighted by atomic mass is 35.5. The molecule has 5 rings (SSSR count). The molecule has 0 N–H and O–H groups in total. The van der Waals surface area contributed by atoms with Crippen LogP contribution in [0.25, 0.3) is 10.9 Å². The van der Waals surface area contributed by atoms with Crippen LogP contribution >= 0.6 is 11.6 Å². The first kappa shape index (κ1) is 21.3. The number of likely N-dealkylation sites (N-methyl/N-ethyl adjacent to an activating group) is 1. The molecule has 0 bridgehead atoms. The standard InChI is InChI=1S/C25H28ClFN4O/c1-28-10-4-5-19(28)16-31-17-21(20-9-8-18(26)15-24(20)31)25(32)30-13-11-29(12-14-30)23-7-3-2-6-22(23)27/h2-3,6-9,15,17,19H,4-5,10-14,16H2,1H3. The molecule has 2 fully saturated rings. The van der Waals surface area contributed by atoms with E-state index in [-0.39, 0.29) is 11.7 Å². The van der Waals surface area contributed by atoms with Crippen molar-refractivity contribution in [2.45, 2.75) is 25.4 Å². The lowest BCUT2D eigenvalue weighted by molar-refractivity contribution is 0.0748. The maximum atomic E-state index is 14.2. The van der Waals surface area contributed by atoms with Crippen LogP contribution in [0.5, 0.6) is 0 Å². The minimum absolute atomic E-state index is 0.0315. The SMILES string of the molecule is CN1CCCC1Cn1cc(C(=O)N2CCN(c3ccccc3F)CC2)c2ccc(Cl)cc21. The highest BCUT2D eigenvalue weighted by Gasteiger charge is 2.27. The van der Waals surface area contributed by atoms with Gasteiger partial charge in [-0.15, -0.1) is 0 Å². The molecule has 1 unspecified atom stereocenters. The molecule has 1 atom stereocenters. The number of hydrogen-bond donors (Lipinski definition) is 0. The largest absolute Gasteiger partial charge is 0.366 e. The van der Waals surface area contributed by atoms with Crippen molar-refractivity contribution in [1.29, 1.82) is 0 Å². The average Bonchev–Trinajstić information content (AvgIpc) is 3.37. The lowest BCUT2D eigenvalue weighted by Crippen LogP contribution is -2.49. The van der Waals surface area contributed by atoms with E-state index < -0.39 is 0 Å². The van der Waals surface area contributed by atoms with E-state index in [2.05, 4.69) is 16.5 Å². The Labute approximate surface area is 193 Å².